The average molecular weight is 580 g/mol. The smallest absolute Gasteiger partial charge is 0.333 e. The van der Waals surface area contributed by atoms with Crippen molar-refractivity contribution < 1.29 is 22.5 Å². The Bertz CT molecular complexity index is 1450. The summed E-state index contributed by atoms with van der Waals surface area (Å²) in [6.45, 7) is 1.86. The summed E-state index contributed by atoms with van der Waals surface area (Å²) in [7, 11) is -4.07. The summed E-state index contributed by atoms with van der Waals surface area (Å²) in [5.41, 5.74) is 4.64. The van der Waals surface area contributed by atoms with Crippen LogP contribution in [0.5, 0.6) is 0 Å². The lowest BCUT2D eigenvalue weighted by molar-refractivity contribution is 0.100. The van der Waals surface area contributed by atoms with Gasteiger partial charge >= 0.3 is 10.3 Å². The number of halogens is 1. The number of carbonyl (C=O) groups is 1. The lowest BCUT2D eigenvalue weighted by Gasteiger charge is -2.13. The Morgan fingerprint density at radius 3 is 2.86 bits per heavy atom. The number of hydrogen-bond acceptors (Lipinski definition) is 9. The number of hydrogen-bond donors (Lipinski definition) is 2. The highest BCUT2D eigenvalue weighted by molar-refractivity contribution is 7.99. The number of carbonyl (C=O) groups excluding carboxylic acids is 1. The van der Waals surface area contributed by atoms with E-state index in [4.69, 9.17) is 16.7 Å². The number of benzene rings is 1. The molecular weight excluding hydrogens is 554 g/mol. The van der Waals surface area contributed by atoms with Gasteiger partial charge in [0.15, 0.2) is 0 Å². The van der Waals surface area contributed by atoms with Gasteiger partial charge in [0.2, 0.25) is 5.78 Å². The quantitative estimate of drug-likeness (QED) is 0.379. The highest BCUT2D eigenvalue weighted by Gasteiger charge is 2.35. The predicted molar refractivity (Wildman–Crippen MR) is 144 cm³/mol. The maximum absolute atomic E-state index is 13.6. The number of fused-ring (bicyclic) bond motifs is 1. The summed E-state index contributed by atoms with van der Waals surface area (Å²) >= 11 is 9.56. The van der Waals surface area contributed by atoms with E-state index in [1.54, 1.807) is 6.20 Å². The van der Waals surface area contributed by atoms with Crippen LogP contribution in [-0.2, 0) is 26.7 Å². The lowest BCUT2D eigenvalue weighted by atomic mass is 9.96. The van der Waals surface area contributed by atoms with Crippen molar-refractivity contribution in [1.29, 1.82) is 0 Å². The van der Waals surface area contributed by atoms with Gasteiger partial charge in [-0.2, -0.15) is 8.42 Å². The minimum atomic E-state index is -4.07. The molecule has 3 N–H and O–H groups in total. The first-order valence-corrected chi connectivity index (χ1v) is 15.5. The number of nitrogens with two attached hydrogens (primary N) is 1. The van der Waals surface area contributed by atoms with Gasteiger partial charge < -0.3 is 5.11 Å². The van der Waals surface area contributed by atoms with Crippen LogP contribution < -0.4 is 5.14 Å². The van der Waals surface area contributed by atoms with E-state index in [-0.39, 0.29) is 29.5 Å². The monoisotopic (exact) mass is 579 g/mol. The predicted octanol–water partition coefficient (Wildman–Crippen LogP) is 4.22. The number of thioether (sulfide) groups is 1. The van der Waals surface area contributed by atoms with Gasteiger partial charge in [-0.05, 0) is 67.0 Å². The molecule has 196 valence electrons. The number of nitrogens with zero attached hydrogens (tertiary/aromatic N) is 2. The van der Waals surface area contributed by atoms with E-state index < -0.39 is 16.4 Å². The van der Waals surface area contributed by atoms with E-state index in [1.807, 2.05) is 36.9 Å². The third-order valence-corrected chi connectivity index (χ3v) is 10.1. The van der Waals surface area contributed by atoms with Gasteiger partial charge in [0.25, 0.3) is 0 Å². The number of aliphatic hydroxyl groups excluding tert-OH is 1. The molecule has 4 atom stereocenters. The van der Waals surface area contributed by atoms with Crippen molar-refractivity contribution in [3.05, 3.63) is 79.5 Å². The fraction of sp³-hybridized carbons (Fsp3) is 0.400. The fourth-order valence-electron chi connectivity index (χ4n) is 5.19. The first kappa shape index (κ1) is 26.7. The number of aliphatic hydroxyl groups is 1. The number of thiophene rings is 1. The summed E-state index contributed by atoms with van der Waals surface area (Å²) in [5, 5.41) is 16.1. The second-order valence-electron chi connectivity index (χ2n) is 9.51. The minimum Gasteiger partial charge on any atom is -0.393 e. The maximum atomic E-state index is 13.6. The molecule has 1 saturated carbocycles. The summed E-state index contributed by atoms with van der Waals surface area (Å²) in [6.07, 6.45) is 3.71. The van der Waals surface area contributed by atoms with Crippen LogP contribution >= 0.6 is 34.7 Å². The molecule has 1 aromatic carbocycles. The van der Waals surface area contributed by atoms with E-state index >= 15 is 0 Å². The third kappa shape index (κ3) is 5.93. The molecule has 1 unspecified atom stereocenters. The normalized spacial score (nSPS) is 23.4. The van der Waals surface area contributed by atoms with Crippen LogP contribution in [0.25, 0.3) is 0 Å². The fourth-order valence-corrected chi connectivity index (χ4v) is 8.25. The van der Waals surface area contributed by atoms with Crippen molar-refractivity contribution in [1.82, 2.24) is 9.97 Å². The summed E-state index contributed by atoms with van der Waals surface area (Å²) in [4.78, 5) is 23.8. The molecule has 1 aliphatic carbocycles. The molecule has 1 fully saturated rings. The van der Waals surface area contributed by atoms with E-state index in [0.717, 1.165) is 16.2 Å². The van der Waals surface area contributed by atoms with Crippen LogP contribution in [0.15, 0.2) is 36.8 Å². The minimum absolute atomic E-state index is 0.0160. The first-order chi connectivity index (χ1) is 17.6. The second kappa shape index (κ2) is 10.7. The Labute approximate surface area is 228 Å². The van der Waals surface area contributed by atoms with Gasteiger partial charge in [0, 0.05) is 27.8 Å². The molecule has 37 heavy (non-hydrogen) atoms. The molecule has 2 aliphatic rings. The summed E-state index contributed by atoms with van der Waals surface area (Å²) in [5.74, 6) is 0.439. The van der Waals surface area contributed by atoms with Crippen LogP contribution in [0.2, 0.25) is 5.02 Å². The Morgan fingerprint density at radius 2 is 2.08 bits per heavy atom. The van der Waals surface area contributed by atoms with E-state index in [1.165, 1.54) is 28.8 Å². The van der Waals surface area contributed by atoms with Crippen LogP contribution in [0.4, 0.5) is 0 Å². The molecule has 1 aliphatic heterocycles. The van der Waals surface area contributed by atoms with Crippen molar-refractivity contribution in [2.24, 2.45) is 17.0 Å². The molecule has 3 aromatic rings. The summed E-state index contributed by atoms with van der Waals surface area (Å²) < 4.78 is 26.9. The Hall–Kier alpha value is -1.86. The SMILES string of the molecule is Cc1sc(C(=O)c2cncnc2C[C@@H]2C[C@H](COS(N)(=O)=O)[C@@H](O)C2)cc1C1SCc2ccc(Cl)cc21. The van der Waals surface area contributed by atoms with E-state index in [9.17, 15) is 18.3 Å². The Morgan fingerprint density at radius 1 is 1.27 bits per heavy atom. The number of rotatable bonds is 8. The highest BCUT2D eigenvalue weighted by atomic mass is 35.5. The van der Waals surface area contributed by atoms with Gasteiger partial charge in [-0.15, -0.1) is 23.1 Å². The van der Waals surface area contributed by atoms with Crippen LogP contribution in [0.3, 0.4) is 0 Å². The molecule has 2 aromatic heterocycles. The topological polar surface area (TPSA) is 132 Å². The second-order valence-corrected chi connectivity index (χ2v) is 13.5. The van der Waals surface area contributed by atoms with Gasteiger partial charge in [-0.3, -0.25) is 8.98 Å². The molecule has 0 radical (unpaired) electrons. The molecule has 0 amide bonds. The van der Waals surface area contributed by atoms with Crippen LogP contribution in [-0.4, -0.2) is 42.0 Å². The highest BCUT2D eigenvalue weighted by Crippen LogP contribution is 2.49. The van der Waals surface area contributed by atoms with Gasteiger partial charge in [0.1, 0.15) is 6.33 Å². The number of aryl methyl sites for hydroxylation is 1. The lowest BCUT2D eigenvalue weighted by Crippen LogP contribution is -2.24. The Kier molecular flexibility index (Phi) is 7.75. The first-order valence-electron chi connectivity index (χ1n) is 11.8. The maximum Gasteiger partial charge on any atom is 0.333 e. The molecule has 3 heterocycles. The molecular formula is C25H26ClN3O5S3. The third-order valence-electron chi connectivity index (χ3n) is 6.98. The van der Waals surface area contributed by atoms with Gasteiger partial charge in [-0.1, -0.05) is 17.7 Å². The molecule has 5 rings (SSSR count). The van der Waals surface area contributed by atoms with Crippen LogP contribution in [0, 0.1) is 18.8 Å². The molecule has 12 heteroatoms. The van der Waals surface area contributed by atoms with Crippen molar-refractivity contribution in [2.75, 3.05) is 6.61 Å². The average Bonchev–Trinajstić information content (AvgIpc) is 3.53. The zero-order valence-corrected chi connectivity index (χ0v) is 23.2. The van der Waals surface area contributed by atoms with Gasteiger partial charge in [0.05, 0.1) is 34.1 Å². The van der Waals surface area contributed by atoms with Crippen molar-refractivity contribution in [2.45, 2.75) is 43.3 Å². The molecule has 0 bridgehead atoms. The standard InChI is InChI=1S/C25H26ClN3O5S3/c1-13-18(25-19-7-17(26)3-2-15(19)11-35-25)8-23(36-13)24(31)20-9-28-12-29-21(20)5-14-4-16(22(30)6-14)10-34-37(27,32)33/h2-3,7-9,12,14,16,22,25,30H,4-6,10-11H2,1H3,(H2,27,32,33)/t14-,16+,22-,25?/m0/s1. The number of aromatic nitrogens is 2. The zero-order valence-electron chi connectivity index (χ0n) is 20.0. The number of ketones is 1. The summed E-state index contributed by atoms with van der Waals surface area (Å²) in [6, 6.07) is 7.97. The zero-order chi connectivity index (χ0) is 26.3. The van der Waals surface area contributed by atoms with E-state index in [2.05, 4.69) is 20.2 Å². The van der Waals surface area contributed by atoms with E-state index in [0.29, 0.717) is 40.4 Å². The molecule has 0 saturated heterocycles. The van der Waals surface area contributed by atoms with Crippen molar-refractivity contribution in [3.8, 4) is 0 Å². The molecule has 0 spiro atoms. The van der Waals surface area contributed by atoms with Crippen LogP contribution in [0.1, 0.15) is 60.6 Å². The largest absolute Gasteiger partial charge is 0.393 e. The molecule has 8 nitrogen and oxygen atoms in total. The van der Waals surface area contributed by atoms with Gasteiger partial charge in [-0.25, -0.2) is 15.1 Å². The Balaban J connectivity index is 1.34. The van der Waals surface area contributed by atoms with Crippen molar-refractivity contribution >= 4 is 50.8 Å². The van der Waals surface area contributed by atoms with Crippen molar-refractivity contribution in [3.63, 3.8) is 0 Å².